The number of anilines is 1. The van der Waals surface area contributed by atoms with Crippen molar-refractivity contribution in [3.63, 3.8) is 0 Å². The van der Waals surface area contributed by atoms with Crippen LogP contribution in [-0.4, -0.2) is 42.7 Å². The van der Waals surface area contributed by atoms with E-state index in [1.54, 1.807) is 26.8 Å². The van der Waals surface area contributed by atoms with E-state index in [0.29, 0.717) is 42.3 Å². The quantitative estimate of drug-likeness (QED) is 0.777. The van der Waals surface area contributed by atoms with Gasteiger partial charge < -0.3 is 14.4 Å². The summed E-state index contributed by atoms with van der Waals surface area (Å²) < 4.78 is 10.1. The van der Waals surface area contributed by atoms with Gasteiger partial charge in [0, 0.05) is 19.3 Å². The fraction of sp³-hybridized carbons (Fsp3) is 0.588. The van der Waals surface area contributed by atoms with E-state index in [9.17, 15) is 9.59 Å². The lowest BCUT2D eigenvalue weighted by atomic mass is 9.97. The Hall–Kier alpha value is -1.82. The molecule has 2 heterocycles. The summed E-state index contributed by atoms with van der Waals surface area (Å²) in [6.07, 6.45) is 2.86. The van der Waals surface area contributed by atoms with Gasteiger partial charge in [-0.05, 0) is 39.7 Å². The summed E-state index contributed by atoms with van der Waals surface area (Å²) in [5.74, 6) is -0.0832. The molecule has 0 aromatic carbocycles. The lowest BCUT2D eigenvalue weighted by Crippen LogP contribution is -2.37. The molecule has 0 bridgehead atoms. The van der Waals surface area contributed by atoms with E-state index in [1.165, 1.54) is 13.3 Å². The first-order valence-electron chi connectivity index (χ1n) is 7.93. The third-order valence-corrected chi connectivity index (χ3v) is 4.06. The molecule has 0 N–H and O–H groups in total. The van der Waals surface area contributed by atoms with Crippen LogP contribution in [0.2, 0.25) is 5.02 Å². The monoisotopic (exact) mass is 354 g/mol. The van der Waals surface area contributed by atoms with Gasteiger partial charge >= 0.3 is 11.9 Å². The maximum absolute atomic E-state index is 12.1. The van der Waals surface area contributed by atoms with Crippen LogP contribution in [0.25, 0.3) is 0 Å². The van der Waals surface area contributed by atoms with Crippen LogP contribution in [-0.2, 0) is 14.3 Å². The molecule has 0 radical (unpaired) electrons. The third kappa shape index (κ3) is 4.60. The maximum Gasteiger partial charge on any atom is 0.340 e. The Bertz CT molecular complexity index is 620. The minimum atomic E-state index is -0.571. The predicted octanol–water partition coefficient (Wildman–Crippen LogP) is 3.08. The number of piperidine rings is 1. The second-order valence-electron chi connectivity index (χ2n) is 6.82. The Morgan fingerprint density at radius 2 is 1.92 bits per heavy atom. The van der Waals surface area contributed by atoms with Crippen LogP contribution in [0.3, 0.4) is 0 Å². The van der Waals surface area contributed by atoms with Crippen molar-refractivity contribution in [1.82, 2.24) is 4.98 Å². The SMILES string of the molecule is COC(=O)C1CCN(c2ncc(C(=O)OC(C)(C)C)cc2Cl)CC1. The number of esters is 2. The van der Waals surface area contributed by atoms with Gasteiger partial charge in [0.1, 0.15) is 11.4 Å². The van der Waals surface area contributed by atoms with Crippen molar-refractivity contribution in [2.24, 2.45) is 5.92 Å². The van der Waals surface area contributed by atoms with E-state index >= 15 is 0 Å². The van der Waals surface area contributed by atoms with Crippen molar-refractivity contribution < 1.29 is 19.1 Å². The molecule has 1 aromatic heterocycles. The fourth-order valence-electron chi connectivity index (χ4n) is 2.61. The summed E-state index contributed by atoms with van der Waals surface area (Å²) in [7, 11) is 1.41. The Balaban J connectivity index is 2.06. The van der Waals surface area contributed by atoms with E-state index in [1.807, 2.05) is 4.90 Å². The second-order valence-corrected chi connectivity index (χ2v) is 7.22. The second kappa shape index (κ2) is 7.38. The normalized spacial score (nSPS) is 16.0. The smallest absolute Gasteiger partial charge is 0.340 e. The summed E-state index contributed by atoms with van der Waals surface area (Å²) in [5.41, 5.74) is -0.249. The summed E-state index contributed by atoms with van der Waals surface area (Å²) in [6.45, 7) is 6.75. The van der Waals surface area contributed by atoms with Gasteiger partial charge in [-0.25, -0.2) is 9.78 Å². The van der Waals surface area contributed by atoms with Crippen LogP contribution in [0, 0.1) is 5.92 Å². The number of aromatic nitrogens is 1. The Kier molecular flexibility index (Phi) is 5.70. The molecule has 0 spiro atoms. The molecule has 0 saturated carbocycles. The molecule has 0 atom stereocenters. The Labute approximate surface area is 147 Å². The van der Waals surface area contributed by atoms with Crippen molar-refractivity contribution in [1.29, 1.82) is 0 Å². The minimum absolute atomic E-state index is 0.0777. The minimum Gasteiger partial charge on any atom is -0.469 e. The van der Waals surface area contributed by atoms with Crippen LogP contribution in [0.5, 0.6) is 0 Å². The highest BCUT2D eigenvalue weighted by atomic mass is 35.5. The molecule has 0 unspecified atom stereocenters. The van der Waals surface area contributed by atoms with Crippen molar-refractivity contribution in [3.8, 4) is 0 Å². The highest BCUT2D eigenvalue weighted by Gasteiger charge is 2.27. The molecule has 24 heavy (non-hydrogen) atoms. The molecule has 132 valence electrons. The van der Waals surface area contributed by atoms with Gasteiger partial charge in [0.25, 0.3) is 0 Å². The average Bonchev–Trinajstić information content (AvgIpc) is 2.52. The van der Waals surface area contributed by atoms with E-state index in [4.69, 9.17) is 21.1 Å². The van der Waals surface area contributed by atoms with Crippen LogP contribution in [0.1, 0.15) is 44.0 Å². The number of rotatable bonds is 3. The molecule has 6 nitrogen and oxygen atoms in total. The average molecular weight is 355 g/mol. The Morgan fingerprint density at radius 3 is 2.42 bits per heavy atom. The van der Waals surface area contributed by atoms with Crippen molar-refractivity contribution in [2.75, 3.05) is 25.1 Å². The molecule has 7 heteroatoms. The number of ether oxygens (including phenoxy) is 2. The number of carbonyl (C=O) groups is 2. The topological polar surface area (TPSA) is 68.7 Å². The zero-order chi connectivity index (χ0) is 17.9. The van der Waals surface area contributed by atoms with Crippen LogP contribution in [0.4, 0.5) is 5.82 Å². The summed E-state index contributed by atoms with van der Waals surface area (Å²) >= 11 is 6.30. The zero-order valence-corrected chi connectivity index (χ0v) is 15.2. The molecule has 1 aliphatic rings. The number of carbonyl (C=O) groups excluding carboxylic acids is 2. The zero-order valence-electron chi connectivity index (χ0n) is 14.5. The molecule has 1 saturated heterocycles. The molecule has 1 aromatic rings. The highest BCUT2D eigenvalue weighted by molar-refractivity contribution is 6.33. The molecular formula is C17H23ClN2O4. The lowest BCUT2D eigenvalue weighted by Gasteiger charge is -2.32. The Morgan fingerprint density at radius 1 is 1.29 bits per heavy atom. The van der Waals surface area contributed by atoms with Gasteiger partial charge in [0.2, 0.25) is 0 Å². The largest absolute Gasteiger partial charge is 0.469 e. The lowest BCUT2D eigenvalue weighted by molar-refractivity contribution is -0.146. The molecule has 0 amide bonds. The first-order valence-corrected chi connectivity index (χ1v) is 8.30. The first-order chi connectivity index (χ1) is 11.2. The van der Waals surface area contributed by atoms with Crippen LogP contribution >= 0.6 is 11.6 Å². The molecule has 1 fully saturated rings. The number of hydrogen-bond donors (Lipinski definition) is 0. The maximum atomic E-state index is 12.1. The number of methoxy groups -OCH3 is 1. The van der Waals surface area contributed by atoms with Crippen LogP contribution < -0.4 is 4.90 Å². The number of pyridine rings is 1. The van der Waals surface area contributed by atoms with Gasteiger partial charge in [-0.3, -0.25) is 4.79 Å². The van der Waals surface area contributed by atoms with E-state index in [0.717, 1.165) is 0 Å². The predicted molar refractivity (Wildman–Crippen MR) is 91.4 cm³/mol. The van der Waals surface area contributed by atoms with Gasteiger partial charge in [-0.2, -0.15) is 0 Å². The number of halogens is 1. The molecule has 2 rings (SSSR count). The fourth-order valence-corrected chi connectivity index (χ4v) is 2.89. The number of hydrogen-bond acceptors (Lipinski definition) is 6. The van der Waals surface area contributed by atoms with Gasteiger partial charge in [0.15, 0.2) is 0 Å². The summed E-state index contributed by atoms with van der Waals surface area (Å²) in [5, 5.41) is 0.398. The standard InChI is InChI=1S/C17H23ClN2O4/c1-17(2,3)24-16(22)12-9-13(18)14(19-10-12)20-7-5-11(6-8-20)15(21)23-4/h9-11H,5-8H2,1-4H3. The van der Waals surface area contributed by atoms with Crippen molar-refractivity contribution in [3.05, 3.63) is 22.8 Å². The highest BCUT2D eigenvalue weighted by Crippen LogP contribution is 2.29. The summed E-state index contributed by atoms with van der Waals surface area (Å²) in [4.78, 5) is 30.0. The van der Waals surface area contributed by atoms with Gasteiger partial charge in [0.05, 0.1) is 23.6 Å². The van der Waals surface area contributed by atoms with Gasteiger partial charge in [-0.15, -0.1) is 0 Å². The van der Waals surface area contributed by atoms with Gasteiger partial charge in [-0.1, -0.05) is 11.6 Å². The van der Waals surface area contributed by atoms with E-state index in [2.05, 4.69) is 4.98 Å². The van der Waals surface area contributed by atoms with Crippen molar-refractivity contribution in [2.45, 2.75) is 39.2 Å². The van der Waals surface area contributed by atoms with Crippen molar-refractivity contribution >= 4 is 29.4 Å². The third-order valence-electron chi connectivity index (χ3n) is 3.79. The van der Waals surface area contributed by atoms with E-state index in [-0.39, 0.29) is 11.9 Å². The first kappa shape index (κ1) is 18.5. The number of nitrogens with zero attached hydrogens (tertiary/aromatic N) is 2. The summed E-state index contributed by atoms with van der Waals surface area (Å²) in [6, 6.07) is 1.57. The van der Waals surface area contributed by atoms with Crippen LogP contribution in [0.15, 0.2) is 12.3 Å². The molecule has 1 aliphatic heterocycles. The molecular weight excluding hydrogens is 332 g/mol. The molecule has 0 aliphatic carbocycles. The van der Waals surface area contributed by atoms with E-state index < -0.39 is 11.6 Å².